The maximum atomic E-state index is 14.3. The van der Waals surface area contributed by atoms with Crippen molar-refractivity contribution in [3.63, 3.8) is 0 Å². The second-order valence-corrected chi connectivity index (χ2v) is 15.3. The lowest BCUT2D eigenvalue weighted by molar-refractivity contribution is -0.140. The van der Waals surface area contributed by atoms with Gasteiger partial charge in [0.2, 0.25) is 0 Å². The number of carbonyl (C=O) groups is 1. The van der Waals surface area contributed by atoms with Crippen molar-refractivity contribution in [2.24, 2.45) is 51.1 Å². The van der Waals surface area contributed by atoms with E-state index in [9.17, 15) is 15.0 Å². The van der Waals surface area contributed by atoms with Crippen LogP contribution in [0.4, 0.5) is 0 Å². The number of nitrogens with zero attached hydrogens (tertiary/aromatic N) is 1. The van der Waals surface area contributed by atoms with Gasteiger partial charge in [0.1, 0.15) is 0 Å². The topological polar surface area (TPSA) is 108 Å². The molecule has 0 unspecified atom stereocenters. The standard InChI is InChI=1S/C29H43N3O3S2/c1-27-10-13-36-37-17-28(9-11-31-26(30)32-28)8-2-5-21-23-15-20(27)14-19(16-34)24-18(4-3-12-33)6-7-22(25(21)35)29(23,24)27/h6-7,18-20,22,24,33-34H,2-5,8-17H2,1H3,(H3,30,31,32)/t18-,19-,20-,22-,24-,27+,28+,29-/m1/s1. The molecule has 2 fully saturated rings. The second-order valence-electron chi connectivity index (χ2n) is 12.7. The van der Waals surface area contributed by atoms with E-state index in [-0.39, 0.29) is 47.3 Å². The summed E-state index contributed by atoms with van der Waals surface area (Å²) in [6.45, 7) is 3.67. The van der Waals surface area contributed by atoms with E-state index in [2.05, 4.69) is 29.4 Å². The van der Waals surface area contributed by atoms with E-state index in [0.29, 0.717) is 23.6 Å². The molecule has 0 radical (unpaired) electrons. The summed E-state index contributed by atoms with van der Waals surface area (Å²) in [5.74, 6) is 4.28. The summed E-state index contributed by atoms with van der Waals surface area (Å²) >= 11 is 0. The van der Waals surface area contributed by atoms with E-state index in [4.69, 9.17) is 5.73 Å². The van der Waals surface area contributed by atoms with Crippen LogP contribution in [-0.4, -0.2) is 58.8 Å². The Bertz CT molecular complexity index is 1030. The fourth-order valence-corrected chi connectivity index (χ4v) is 12.6. The lowest BCUT2D eigenvalue weighted by Gasteiger charge is -2.61. The van der Waals surface area contributed by atoms with Crippen LogP contribution in [0.25, 0.3) is 0 Å². The van der Waals surface area contributed by atoms with E-state index < -0.39 is 0 Å². The number of aliphatic hydroxyl groups is 2. The van der Waals surface area contributed by atoms with Crippen LogP contribution in [0.5, 0.6) is 0 Å². The van der Waals surface area contributed by atoms with Gasteiger partial charge in [-0.1, -0.05) is 46.2 Å². The molecule has 4 aliphatic carbocycles. The number of carbonyl (C=O) groups excluding carboxylic acids is 1. The van der Waals surface area contributed by atoms with Crippen molar-refractivity contribution in [3.8, 4) is 0 Å². The Morgan fingerprint density at radius 1 is 1.22 bits per heavy atom. The lowest BCUT2D eigenvalue weighted by Crippen LogP contribution is -2.59. The van der Waals surface area contributed by atoms with Gasteiger partial charge in [0.15, 0.2) is 11.7 Å². The summed E-state index contributed by atoms with van der Waals surface area (Å²) < 4.78 is 0. The van der Waals surface area contributed by atoms with Crippen molar-refractivity contribution in [1.82, 2.24) is 5.32 Å². The molecular weight excluding hydrogens is 502 g/mol. The predicted molar refractivity (Wildman–Crippen MR) is 152 cm³/mol. The van der Waals surface area contributed by atoms with Gasteiger partial charge >= 0.3 is 0 Å². The smallest absolute Gasteiger partial charge is 0.189 e. The summed E-state index contributed by atoms with van der Waals surface area (Å²) in [4.78, 5) is 18.6. The summed E-state index contributed by atoms with van der Waals surface area (Å²) in [6, 6.07) is 0. The van der Waals surface area contributed by atoms with Crippen LogP contribution in [0.1, 0.15) is 64.7 Å². The van der Waals surface area contributed by atoms with Gasteiger partial charge in [-0.3, -0.25) is 9.79 Å². The van der Waals surface area contributed by atoms with Crippen LogP contribution in [0.2, 0.25) is 0 Å². The van der Waals surface area contributed by atoms with E-state index in [0.717, 1.165) is 81.4 Å². The highest BCUT2D eigenvalue weighted by atomic mass is 33.1. The van der Waals surface area contributed by atoms with Crippen LogP contribution in [-0.2, 0) is 4.79 Å². The zero-order valence-electron chi connectivity index (χ0n) is 22.1. The maximum Gasteiger partial charge on any atom is 0.189 e. The van der Waals surface area contributed by atoms with Crippen molar-refractivity contribution in [2.45, 2.75) is 70.3 Å². The number of rotatable bonds is 4. The second kappa shape index (κ2) is 9.90. The van der Waals surface area contributed by atoms with Gasteiger partial charge in [-0.05, 0) is 92.4 Å². The number of guanidine groups is 1. The molecule has 5 N–H and O–H groups in total. The SMILES string of the molecule is C[C@]12CCSSC[C@]3(CCCC4=C5C[C@H]1C[C@H](CO)[C@H]1[C@H](CCCO)C=C[C@H](C4=O)[C@@]512)CCN=C(N)N3. The van der Waals surface area contributed by atoms with Gasteiger partial charge in [0, 0.05) is 36.7 Å². The molecule has 0 saturated heterocycles. The van der Waals surface area contributed by atoms with E-state index >= 15 is 0 Å². The number of Topliss-reactive ketones (excluding diaryl/α,β-unsaturated/α-hetero) is 1. The predicted octanol–water partition coefficient (Wildman–Crippen LogP) is 4.08. The first kappa shape index (κ1) is 26.3. The lowest BCUT2D eigenvalue weighted by atomic mass is 9.41. The van der Waals surface area contributed by atoms with Crippen molar-refractivity contribution in [3.05, 3.63) is 23.3 Å². The number of hydrogen-bond acceptors (Lipinski definition) is 8. The zero-order chi connectivity index (χ0) is 25.8. The Kier molecular flexibility index (Phi) is 7.03. The number of aliphatic imine (C=N–C) groups is 1. The fraction of sp³-hybridized carbons (Fsp3) is 0.793. The molecule has 8 atom stereocenters. The number of nitrogens with two attached hydrogens (primary N) is 1. The average molecular weight is 546 g/mol. The molecule has 2 aliphatic heterocycles. The highest BCUT2D eigenvalue weighted by molar-refractivity contribution is 8.76. The van der Waals surface area contributed by atoms with Gasteiger partial charge in [-0.25, -0.2) is 0 Å². The first-order valence-electron chi connectivity index (χ1n) is 14.4. The third kappa shape index (κ3) is 3.82. The average Bonchev–Trinajstić information content (AvgIpc) is 3.17. The normalized spacial score (nSPS) is 45.2. The van der Waals surface area contributed by atoms with Gasteiger partial charge in [-0.15, -0.1) is 0 Å². The maximum absolute atomic E-state index is 14.3. The molecule has 204 valence electrons. The molecule has 2 saturated carbocycles. The Morgan fingerprint density at radius 3 is 2.86 bits per heavy atom. The third-order valence-corrected chi connectivity index (χ3v) is 13.8. The molecule has 2 spiro atoms. The largest absolute Gasteiger partial charge is 0.396 e. The highest BCUT2D eigenvalue weighted by Crippen LogP contribution is 2.78. The summed E-state index contributed by atoms with van der Waals surface area (Å²) in [5, 5.41) is 23.8. The van der Waals surface area contributed by atoms with Gasteiger partial charge in [-0.2, -0.15) is 0 Å². The minimum absolute atomic E-state index is 0.0475. The van der Waals surface area contributed by atoms with Crippen LogP contribution < -0.4 is 11.1 Å². The van der Waals surface area contributed by atoms with E-state index in [1.54, 1.807) is 0 Å². The Hall–Kier alpha value is -0.960. The molecule has 0 amide bonds. The zero-order valence-corrected chi connectivity index (χ0v) is 23.7. The molecule has 5 bridgehead atoms. The van der Waals surface area contributed by atoms with Crippen molar-refractivity contribution < 1.29 is 15.0 Å². The molecular formula is C29H43N3O3S2. The summed E-state index contributed by atoms with van der Waals surface area (Å²) in [5.41, 5.74) is 8.58. The van der Waals surface area contributed by atoms with Gasteiger partial charge < -0.3 is 21.3 Å². The van der Waals surface area contributed by atoms with Crippen LogP contribution in [0.15, 0.2) is 28.3 Å². The first-order valence-corrected chi connectivity index (χ1v) is 16.9. The first-order chi connectivity index (χ1) is 17.9. The molecule has 6 nitrogen and oxygen atoms in total. The summed E-state index contributed by atoms with van der Waals surface area (Å²) in [6.07, 6.45) is 13.3. The minimum Gasteiger partial charge on any atom is -0.396 e. The number of ketones is 1. The summed E-state index contributed by atoms with van der Waals surface area (Å²) in [7, 11) is 3.96. The quantitative estimate of drug-likeness (QED) is 0.311. The molecule has 8 heteroatoms. The number of allylic oxidation sites excluding steroid dienone is 4. The number of nitrogens with one attached hydrogen (secondary N) is 1. The molecule has 0 aromatic rings. The highest BCUT2D eigenvalue weighted by Gasteiger charge is 2.74. The Morgan fingerprint density at radius 2 is 2.08 bits per heavy atom. The van der Waals surface area contributed by atoms with Crippen molar-refractivity contribution in [1.29, 1.82) is 0 Å². The molecule has 37 heavy (non-hydrogen) atoms. The van der Waals surface area contributed by atoms with Crippen LogP contribution in [0.3, 0.4) is 0 Å². The molecule has 0 aromatic carbocycles. The molecule has 2 heterocycles. The van der Waals surface area contributed by atoms with Crippen molar-refractivity contribution in [2.75, 3.05) is 31.3 Å². The number of aliphatic hydroxyl groups excluding tert-OH is 2. The van der Waals surface area contributed by atoms with Gasteiger partial charge in [0.25, 0.3) is 0 Å². The van der Waals surface area contributed by atoms with Crippen molar-refractivity contribution >= 4 is 33.3 Å². The minimum atomic E-state index is -0.165. The third-order valence-electron chi connectivity index (χ3n) is 11.3. The fourth-order valence-electron chi connectivity index (χ4n) is 9.78. The molecule has 0 aromatic heterocycles. The molecule has 6 aliphatic rings. The Balaban J connectivity index is 1.43. The van der Waals surface area contributed by atoms with E-state index in [1.807, 2.05) is 21.6 Å². The van der Waals surface area contributed by atoms with Crippen LogP contribution in [0, 0.1) is 40.4 Å². The number of hydrogen-bond donors (Lipinski definition) is 4. The van der Waals surface area contributed by atoms with Crippen LogP contribution >= 0.6 is 21.6 Å². The van der Waals surface area contributed by atoms with E-state index in [1.165, 1.54) is 5.57 Å². The monoisotopic (exact) mass is 545 g/mol. The Labute approximate surface area is 229 Å². The molecule has 6 rings (SSSR count). The van der Waals surface area contributed by atoms with Gasteiger partial charge in [0.05, 0.1) is 11.5 Å².